The molecule has 0 aromatic rings. The van der Waals surface area contributed by atoms with Gasteiger partial charge in [-0.2, -0.15) is 0 Å². The first-order valence-corrected chi connectivity index (χ1v) is 11.3. The Morgan fingerprint density at radius 1 is 1.45 bits per heavy atom. The van der Waals surface area contributed by atoms with Gasteiger partial charge in [-0.25, -0.2) is 0 Å². The molecule has 1 saturated heterocycles. The van der Waals surface area contributed by atoms with E-state index in [1.807, 2.05) is 6.92 Å². The molecule has 1 rings (SSSR count). The van der Waals surface area contributed by atoms with E-state index in [9.17, 15) is 4.79 Å². The normalized spacial score (nSPS) is 23.3. The number of hydrogen-bond acceptors (Lipinski definition) is 2. The molecule has 1 heterocycles. The molecule has 1 N–H and O–H groups in total. The SMILES string of the molecule is C=C=C(CCCC)[C@H]1NC(=O)[C@@H]1[C@@H](C)O[Si](C)(C)C(C)(C)C. The molecule has 0 unspecified atom stereocenters. The molecule has 1 aliphatic rings. The van der Waals surface area contributed by atoms with Gasteiger partial charge >= 0.3 is 0 Å². The van der Waals surface area contributed by atoms with Gasteiger partial charge in [-0.1, -0.05) is 40.7 Å². The van der Waals surface area contributed by atoms with Gasteiger partial charge in [0.1, 0.15) is 0 Å². The molecule has 0 aliphatic carbocycles. The molecule has 0 aromatic carbocycles. The minimum absolute atomic E-state index is 0.0521. The van der Waals surface area contributed by atoms with Crippen LogP contribution in [-0.4, -0.2) is 26.4 Å². The maximum Gasteiger partial charge on any atom is 0.228 e. The van der Waals surface area contributed by atoms with E-state index in [-0.39, 0.29) is 29.0 Å². The van der Waals surface area contributed by atoms with E-state index in [1.165, 1.54) is 0 Å². The molecule has 3 atom stereocenters. The van der Waals surface area contributed by atoms with Crippen molar-refractivity contribution in [2.75, 3.05) is 0 Å². The van der Waals surface area contributed by atoms with E-state index < -0.39 is 8.32 Å². The third kappa shape index (κ3) is 4.12. The van der Waals surface area contributed by atoms with Crippen LogP contribution in [0, 0.1) is 5.92 Å². The summed E-state index contributed by atoms with van der Waals surface area (Å²) in [5.74, 6) is -0.00399. The van der Waals surface area contributed by atoms with Gasteiger partial charge in [0.05, 0.1) is 18.1 Å². The van der Waals surface area contributed by atoms with Crippen molar-refractivity contribution < 1.29 is 9.22 Å². The highest BCUT2D eigenvalue weighted by Crippen LogP contribution is 2.39. The van der Waals surface area contributed by atoms with Crippen molar-refractivity contribution in [3.8, 4) is 0 Å². The van der Waals surface area contributed by atoms with Gasteiger partial charge in [0.2, 0.25) is 5.91 Å². The largest absolute Gasteiger partial charge is 0.413 e. The number of amides is 1. The van der Waals surface area contributed by atoms with Gasteiger partial charge < -0.3 is 9.74 Å². The van der Waals surface area contributed by atoms with Crippen LogP contribution in [-0.2, 0) is 9.22 Å². The second-order valence-electron chi connectivity index (χ2n) is 7.90. The molecule has 22 heavy (non-hydrogen) atoms. The monoisotopic (exact) mass is 323 g/mol. The molecule has 3 nitrogen and oxygen atoms in total. The summed E-state index contributed by atoms with van der Waals surface area (Å²) >= 11 is 0. The first kappa shape index (κ1) is 19.2. The summed E-state index contributed by atoms with van der Waals surface area (Å²) in [6.45, 7) is 19.1. The minimum Gasteiger partial charge on any atom is -0.413 e. The fourth-order valence-electron chi connectivity index (χ4n) is 2.62. The molecule has 4 heteroatoms. The predicted octanol–water partition coefficient (Wildman–Crippen LogP) is 4.41. The molecule has 0 bridgehead atoms. The Kier molecular flexibility index (Phi) is 6.25. The first-order valence-electron chi connectivity index (χ1n) is 8.42. The zero-order valence-corrected chi connectivity index (χ0v) is 16.4. The number of rotatable bonds is 7. The third-order valence-corrected chi connectivity index (χ3v) is 9.73. The van der Waals surface area contributed by atoms with Crippen LogP contribution in [0.5, 0.6) is 0 Å². The van der Waals surface area contributed by atoms with E-state index >= 15 is 0 Å². The molecule has 0 spiro atoms. The Labute approximate surface area is 137 Å². The molecule has 0 saturated carbocycles. The minimum atomic E-state index is -1.87. The van der Waals surface area contributed by atoms with Crippen LogP contribution < -0.4 is 5.32 Å². The molecule has 1 fully saturated rings. The standard InChI is InChI=1S/C18H33NO2Si/c1-9-11-12-14(10-2)16-15(17(20)19-16)13(3)21-22(7,8)18(4,5)6/h13,15-16H,2,9,11-12H2,1,3-8H3,(H,19,20)/t13-,15-,16-/m1/s1. The van der Waals surface area contributed by atoms with Gasteiger partial charge in [0.15, 0.2) is 8.32 Å². The van der Waals surface area contributed by atoms with Crippen LogP contribution in [0.1, 0.15) is 53.9 Å². The van der Waals surface area contributed by atoms with Gasteiger partial charge in [-0.3, -0.25) is 4.79 Å². The summed E-state index contributed by atoms with van der Waals surface area (Å²) in [6.07, 6.45) is 3.12. The summed E-state index contributed by atoms with van der Waals surface area (Å²) in [7, 11) is -1.87. The van der Waals surface area contributed by atoms with Crippen LogP contribution in [0.3, 0.4) is 0 Å². The van der Waals surface area contributed by atoms with Gasteiger partial charge in [-0.15, -0.1) is 5.73 Å². The smallest absolute Gasteiger partial charge is 0.228 e. The van der Waals surface area contributed by atoms with Crippen LogP contribution in [0.4, 0.5) is 0 Å². The molecule has 1 amide bonds. The second kappa shape index (κ2) is 7.16. The first-order chi connectivity index (χ1) is 10.0. The zero-order chi connectivity index (χ0) is 17.1. The van der Waals surface area contributed by atoms with Crippen LogP contribution >= 0.6 is 0 Å². The summed E-state index contributed by atoms with van der Waals surface area (Å²) < 4.78 is 6.42. The average molecular weight is 324 g/mol. The van der Waals surface area contributed by atoms with Crippen molar-refractivity contribution in [2.45, 2.75) is 84.2 Å². The van der Waals surface area contributed by atoms with Gasteiger partial charge in [0.25, 0.3) is 0 Å². The summed E-state index contributed by atoms with van der Waals surface area (Å²) in [5, 5.41) is 3.16. The molecule has 0 aromatic heterocycles. The van der Waals surface area contributed by atoms with E-state index in [0.717, 1.165) is 24.8 Å². The fourth-order valence-corrected chi connectivity index (χ4v) is 4.05. The Balaban J connectivity index is 2.81. The van der Waals surface area contributed by atoms with Crippen LogP contribution in [0.25, 0.3) is 0 Å². The zero-order valence-electron chi connectivity index (χ0n) is 15.4. The van der Waals surface area contributed by atoms with Crippen molar-refractivity contribution in [3.63, 3.8) is 0 Å². The predicted molar refractivity (Wildman–Crippen MR) is 95.3 cm³/mol. The Bertz CT molecular complexity index is 458. The van der Waals surface area contributed by atoms with Crippen molar-refractivity contribution in [1.29, 1.82) is 0 Å². The van der Waals surface area contributed by atoms with Crippen molar-refractivity contribution in [2.24, 2.45) is 5.92 Å². The Morgan fingerprint density at radius 3 is 2.45 bits per heavy atom. The molecule has 0 radical (unpaired) electrons. The van der Waals surface area contributed by atoms with Crippen molar-refractivity contribution >= 4 is 14.2 Å². The quantitative estimate of drug-likeness (QED) is 0.428. The molecular weight excluding hydrogens is 290 g/mol. The maximum atomic E-state index is 12.1. The second-order valence-corrected chi connectivity index (χ2v) is 12.7. The highest BCUT2D eigenvalue weighted by molar-refractivity contribution is 6.74. The topological polar surface area (TPSA) is 38.3 Å². The Hall–Kier alpha value is -0.833. The highest BCUT2D eigenvalue weighted by atomic mass is 28.4. The van der Waals surface area contributed by atoms with E-state index in [1.54, 1.807) is 0 Å². The number of carbonyl (C=O) groups excluding carboxylic acids is 1. The van der Waals surface area contributed by atoms with Crippen LogP contribution in [0.2, 0.25) is 18.1 Å². The summed E-state index contributed by atoms with van der Waals surface area (Å²) in [6, 6.07) is 0.0521. The average Bonchev–Trinajstić information content (AvgIpc) is 2.35. The number of carbonyl (C=O) groups is 1. The van der Waals surface area contributed by atoms with E-state index in [0.29, 0.717) is 0 Å². The lowest BCUT2D eigenvalue weighted by Gasteiger charge is -2.45. The lowest BCUT2D eigenvalue weighted by molar-refractivity contribution is -0.138. The van der Waals surface area contributed by atoms with Gasteiger partial charge in [0, 0.05) is 0 Å². The lowest BCUT2D eigenvalue weighted by atomic mass is 9.80. The van der Waals surface area contributed by atoms with Crippen LogP contribution in [0.15, 0.2) is 17.9 Å². The van der Waals surface area contributed by atoms with E-state index in [2.05, 4.69) is 58.4 Å². The number of β-lactam (4-membered cyclic amide) rings is 1. The number of unbranched alkanes of at least 4 members (excludes halogenated alkanes) is 1. The van der Waals surface area contributed by atoms with Crippen molar-refractivity contribution in [1.82, 2.24) is 5.32 Å². The maximum absolute atomic E-state index is 12.1. The van der Waals surface area contributed by atoms with E-state index in [4.69, 9.17) is 4.43 Å². The molecule has 126 valence electrons. The summed E-state index contributed by atoms with van der Waals surface area (Å²) in [4.78, 5) is 12.1. The van der Waals surface area contributed by atoms with Gasteiger partial charge in [-0.05, 0) is 43.5 Å². The lowest BCUT2D eigenvalue weighted by Crippen LogP contribution is -2.64. The third-order valence-electron chi connectivity index (χ3n) is 5.15. The number of hydrogen-bond donors (Lipinski definition) is 1. The van der Waals surface area contributed by atoms with Crippen molar-refractivity contribution in [3.05, 3.63) is 17.9 Å². The summed E-state index contributed by atoms with van der Waals surface area (Å²) in [5.41, 5.74) is 4.17. The Morgan fingerprint density at radius 2 is 2.05 bits per heavy atom. The fraction of sp³-hybridized carbons (Fsp3) is 0.778. The highest BCUT2D eigenvalue weighted by Gasteiger charge is 2.48. The molecule has 1 aliphatic heterocycles. The molecular formula is C18H33NO2Si. The number of nitrogens with one attached hydrogen (secondary N) is 1.